The first-order chi connectivity index (χ1) is 14.8. The number of aliphatic imine (C=N–C) groups is 1. The molecule has 2 aliphatic rings. The monoisotopic (exact) mass is 562 g/mol. The molecule has 0 saturated carbocycles. The van der Waals surface area contributed by atoms with Crippen LogP contribution in [0.25, 0.3) is 0 Å². The lowest BCUT2D eigenvalue weighted by Gasteiger charge is -2.39. The number of ether oxygens (including phenoxy) is 4. The Labute approximate surface area is 207 Å². The van der Waals surface area contributed by atoms with Crippen molar-refractivity contribution in [3.05, 3.63) is 18.2 Å². The molecule has 1 aromatic carbocycles. The number of amides is 1. The zero-order valence-electron chi connectivity index (χ0n) is 19.6. The second-order valence-corrected chi connectivity index (χ2v) is 8.62. The van der Waals surface area contributed by atoms with E-state index in [1.807, 2.05) is 39.0 Å². The number of fused-ring (bicyclic) bond motifs is 1. The summed E-state index contributed by atoms with van der Waals surface area (Å²) in [6, 6.07) is 5.69. The van der Waals surface area contributed by atoms with Crippen molar-refractivity contribution >= 4 is 36.0 Å². The van der Waals surface area contributed by atoms with E-state index in [1.54, 1.807) is 19.1 Å². The van der Waals surface area contributed by atoms with Crippen LogP contribution in [-0.4, -0.2) is 87.0 Å². The lowest BCUT2D eigenvalue weighted by molar-refractivity contribution is 0.0137. The van der Waals surface area contributed by atoms with Gasteiger partial charge in [0.2, 0.25) is 0 Å². The molecule has 1 atom stereocenters. The highest BCUT2D eigenvalue weighted by Crippen LogP contribution is 2.27. The summed E-state index contributed by atoms with van der Waals surface area (Å²) in [5.74, 6) is 3.01. The molecule has 0 spiro atoms. The van der Waals surface area contributed by atoms with Crippen molar-refractivity contribution in [2.24, 2.45) is 4.99 Å². The summed E-state index contributed by atoms with van der Waals surface area (Å²) in [5.41, 5.74) is -0.481. The summed E-state index contributed by atoms with van der Waals surface area (Å²) < 4.78 is 21.9. The number of halogens is 1. The number of hydrogen-bond acceptors (Lipinski definition) is 8. The standard InChI is InChI=1S/C22H34N4O5.HI/c1-22(2,3)31-21(27)25-8-9-26-16(15-25)14-24-20(26)23-7-6-10-30-19-12-17(28-4)11-18(13-19)29-5;/h11-13,16H,6-10,14-15H2,1-5H3,(H,23,24);1H. The van der Waals surface area contributed by atoms with Crippen molar-refractivity contribution in [2.45, 2.75) is 38.8 Å². The van der Waals surface area contributed by atoms with Crippen LogP contribution in [0.1, 0.15) is 27.2 Å². The van der Waals surface area contributed by atoms with Gasteiger partial charge in [-0.2, -0.15) is 0 Å². The first-order valence-corrected chi connectivity index (χ1v) is 10.7. The van der Waals surface area contributed by atoms with E-state index in [0.29, 0.717) is 43.5 Å². The van der Waals surface area contributed by atoms with E-state index in [0.717, 1.165) is 25.5 Å². The Morgan fingerprint density at radius 1 is 1.12 bits per heavy atom. The Morgan fingerprint density at radius 3 is 2.41 bits per heavy atom. The molecule has 1 unspecified atom stereocenters. The van der Waals surface area contributed by atoms with Crippen LogP contribution in [0.3, 0.4) is 0 Å². The third-order valence-electron chi connectivity index (χ3n) is 5.06. The quantitative estimate of drug-likeness (QED) is 0.404. The molecule has 9 nitrogen and oxygen atoms in total. The van der Waals surface area contributed by atoms with Gasteiger partial charge in [0.1, 0.15) is 22.8 Å². The lowest BCUT2D eigenvalue weighted by Crippen LogP contribution is -2.57. The molecule has 2 heterocycles. The number of benzene rings is 1. The highest BCUT2D eigenvalue weighted by Gasteiger charge is 2.36. The maximum absolute atomic E-state index is 12.3. The fourth-order valence-corrected chi connectivity index (χ4v) is 3.55. The lowest BCUT2D eigenvalue weighted by atomic mass is 10.2. The van der Waals surface area contributed by atoms with E-state index in [4.69, 9.17) is 18.9 Å². The van der Waals surface area contributed by atoms with Crippen LogP contribution in [0.5, 0.6) is 17.2 Å². The molecule has 0 radical (unpaired) electrons. The highest BCUT2D eigenvalue weighted by atomic mass is 127. The van der Waals surface area contributed by atoms with Gasteiger partial charge in [-0.3, -0.25) is 4.99 Å². The van der Waals surface area contributed by atoms with Gasteiger partial charge in [0.25, 0.3) is 0 Å². The average molecular weight is 562 g/mol. The molecular weight excluding hydrogens is 527 g/mol. The number of piperazine rings is 1. The second kappa shape index (κ2) is 11.7. The number of carbonyl (C=O) groups excluding carboxylic acids is 1. The Kier molecular flexibility index (Phi) is 9.53. The van der Waals surface area contributed by atoms with Gasteiger partial charge in [-0.05, 0) is 27.2 Å². The number of guanidine groups is 1. The van der Waals surface area contributed by atoms with Crippen molar-refractivity contribution in [3.63, 3.8) is 0 Å². The maximum Gasteiger partial charge on any atom is 0.410 e. The third kappa shape index (κ3) is 7.21. The van der Waals surface area contributed by atoms with Crippen molar-refractivity contribution in [1.82, 2.24) is 15.1 Å². The zero-order valence-corrected chi connectivity index (χ0v) is 21.9. The van der Waals surface area contributed by atoms with Crippen LogP contribution in [0.4, 0.5) is 4.79 Å². The predicted molar refractivity (Wildman–Crippen MR) is 134 cm³/mol. The summed E-state index contributed by atoms with van der Waals surface area (Å²) in [5, 5.41) is 3.41. The molecule has 1 N–H and O–H groups in total. The van der Waals surface area contributed by atoms with E-state index in [-0.39, 0.29) is 36.1 Å². The summed E-state index contributed by atoms with van der Waals surface area (Å²) in [7, 11) is 3.23. The van der Waals surface area contributed by atoms with Gasteiger partial charge in [-0.15, -0.1) is 24.0 Å². The van der Waals surface area contributed by atoms with Gasteiger partial charge >= 0.3 is 6.09 Å². The van der Waals surface area contributed by atoms with Crippen LogP contribution in [0.2, 0.25) is 0 Å². The summed E-state index contributed by atoms with van der Waals surface area (Å²) in [6.07, 6.45) is 0.570. The van der Waals surface area contributed by atoms with Gasteiger partial charge in [-0.25, -0.2) is 4.79 Å². The summed E-state index contributed by atoms with van der Waals surface area (Å²) in [6.45, 7) is 9.66. The molecule has 1 fully saturated rings. The van der Waals surface area contributed by atoms with Gasteiger partial charge < -0.3 is 34.1 Å². The minimum absolute atomic E-state index is 0. The minimum Gasteiger partial charge on any atom is -0.496 e. The SMILES string of the molecule is COc1cc(OC)cc(OCCCNC2=NCC3CN(C(=O)OC(C)(C)C)CCN23)c1.I. The zero-order chi connectivity index (χ0) is 22.4. The van der Waals surface area contributed by atoms with Crippen LogP contribution < -0.4 is 19.5 Å². The van der Waals surface area contributed by atoms with Crippen LogP contribution in [0, 0.1) is 0 Å². The highest BCUT2D eigenvalue weighted by molar-refractivity contribution is 14.0. The fraction of sp³-hybridized carbons (Fsp3) is 0.636. The predicted octanol–water partition coefficient (Wildman–Crippen LogP) is 2.97. The van der Waals surface area contributed by atoms with Crippen molar-refractivity contribution in [2.75, 3.05) is 53.6 Å². The first-order valence-electron chi connectivity index (χ1n) is 10.7. The second-order valence-electron chi connectivity index (χ2n) is 8.62. The molecule has 0 bridgehead atoms. The Hall–Kier alpha value is -2.11. The summed E-state index contributed by atoms with van der Waals surface area (Å²) in [4.78, 5) is 21.0. The van der Waals surface area contributed by atoms with Crippen molar-refractivity contribution in [1.29, 1.82) is 0 Å². The number of carbonyl (C=O) groups is 1. The normalized spacial score (nSPS) is 17.7. The summed E-state index contributed by atoms with van der Waals surface area (Å²) >= 11 is 0. The molecule has 0 aromatic heterocycles. The molecule has 1 saturated heterocycles. The largest absolute Gasteiger partial charge is 0.496 e. The van der Waals surface area contributed by atoms with Crippen LogP contribution in [0.15, 0.2) is 23.2 Å². The fourth-order valence-electron chi connectivity index (χ4n) is 3.55. The molecule has 0 aliphatic carbocycles. The maximum atomic E-state index is 12.3. The van der Waals surface area contributed by atoms with Crippen molar-refractivity contribution < 1.29 is 23.7 Å². The van der Waals surface area contributed by atoms with Crippen LogP contribution in [-0.2, 0) is 4.74 Å². The van der Waals surface area contributed by atoms with E-state index in [9.17, 15) is 4.79 Å². The molecule has 10 heteroatoms. The smallest absolute Gasteiger partial charge is 0.410 e. The van der Waals surface area contributed by atoms with E-state index in [2.05, 4.69) is 15.2 Å². The van der Waals surface area contributed by atoms with Crippen molar-refractivity contribution in [3.8, 4) is 17.2 Å². The number of methoxy groups -OCH3 is 2. The first kappa shape index (κ1) is 26.1. The minimum atomic E-state index is -0.481. The van der Waals surface area contributed by atoms with Crippen LogP contribution >= 0.6 is 24.0 Å². The topological polar surface area (TPSA) is 84.9 Å². The number of nitrogens with zero attached hydrogens (tertiary/aromatic N) is 3. The van der Waals surface area contributed by atoms with Gasteiger partial charge in [0.05, 0.1) is 33.4 Å². The number of rotatable bonds is 7. The van der Waals surface area contributed by atoms with Gasteiger partial charge in [0.15, 0.2) is 5.96 Å². The van der Waals surface area contributed by atoms with Gasteiger partial charge in [0, 0.05) is 44.4 Å². The molecule has 3 rings (SSSR count). The van der Waals surface area contributed by atoms with E-state index >= 15 is 0 Å². The Balaban J connectivity index is 0.00000363. The Morgan fingerprint density at radius 2 is 1.78 bits per heavy atom. The Bertz CT molecular complexity index is 777. The third-order valence-corrected chi connectivity index (χ3v) is 5.06. The molecule has 1 aromatic rings. The molecular formula is C22H35IN4O5. The molecule has 180 valence electrons. The number of nitrogens with one attached hydrogen (secondary N) is 1. The van der Waals surface area contributed by atoms with Gasteiger partial charge in [-0.1, -0.05) is 0 Å². The molecule has 32 heavy (non-hydrogen) atoms. The molecule has 1 amide bonds. The molecule has 2 aliphatic heterocycles. The number of hydrogen-bond donors (Lipinski definition) is 1. The average Bonchev–Trinajstić information content (AvgIpc) is 3.14. The van der Waals surface area contributed by atoms with E-state index in [1.165, 1.54) is 0 Å². The van der Waals surface area contributed by atoms with E-state index < -0.39 is 5.60 Å².